The number of aryl methyl sites for hydroxylation is 1. The molecule has 0 saturated carbocycles. The van der Waals surface area contributed by atoms with Crippen molar-refractivity contribution in [2.45, 2.75) is 25.0 Å². The molecule has 0 unspecified atom stereocenters. The van der Waals surface area contributed by atoms with Gasteiger partial charge in [-0.1, -0.05) is 28.1 Å². The molecule has 2 aliphatic rings. The molecule has 0 radical (unpaired) electrons. The van der Waals surface area contributed by atoms with Gasteiger partial charge in [0.15, 0.2) is 5.79 Å². The molecule has 3 rings (SSSR count). The number of ether oxygens (including phenoxy) is 2. The first-order valence-electron chi connectivity index (χ1n) is 5.33. The van der Waals surface area contributed by atoms with Gasteiger partial charge in [0.2, 0.25) is 0 Å². The van der Waals surface area contributed by atoms with Crippen LogP contribution >= 0.6 is 15.9 Å². The number of benzene rings is 1. The molecule has 0 atom stereocenters. The lowest BCUT2D eigenvalue weighted by Crippen LogP contribution is -2.37. The fourth-order valence-corrected chi connectivity index (χ4v) is 3.01. The second kappa shape index (κ2) is 3.58. The highest BCUT2D eigenvalue weighted by Gasteiger charge is 2.40. The fourth-order valence-electron chi connectivity index (χ4n) is 2.46. The minimum atomic E-state index is -0.323. The summed E-state index contributed by atoms with van der Waals surface area (Å²) in [5.41, 5.74) is 2.78. The van der Waals surface area contributed by atoms with E-state index in [1.807, 2.05) is 0 Å². The third-order valence-corrected chi connectivity index (χ3v) is 3.99. The van der Waals surface area contributed by atoms with E-state index in [0.717, 1.165) is 32.5 Å². The Labute approximate surface area is 97.7 Å². The van der Waals surface area contributed by atoms with E-state index >= 15 is 0 Å². The zero-order chi connectivity index (χ0) is 10.3. The van der Waals surface area contributed by atoms with Crippen LogP contribution in [-0.2, 0) is 22.3 Å². The second-order valence-electron chi connectivity index (χ2n) is 4.16. The molecule has 80 valence electrons. The van der Waals surface area contributed by atoms with Gasteiger partial charge in [-0.2, -0.15) is 0 Å². The summed E-state index contributed by atoms with van der Waals surface area (Å²) in [5.74, 6) is -0.323. The highest BCUT2D eigenvalue weighted by molar-refractivity contribution is 9.10. The number of hydrogen-bond donors (Lipinski definition) is 0. The van der Waals surface area contributed by atoms with Crippen molar-refractivity contribution in [3.05, 3.63) is 33.8 Å². The third-order valence-electron chi connectivity index (χ3n) is 3.25. The van der Waals surface area contributed by atoms with Gasteiger partial charge >= 0.3 is 0 Å². The minimum absolute atomic E-state index is 0.323. The maximum absolute atomic E-state index is 5.75. The molecule has 0 amide bonds. The quantitative estimate of drug-likeness (QED) is 0.721. The zero-order valence-corrected chi connectivity index (χ0v) is 10.0. The van der Waals surface area contributed by atoms with E-state index in [-0.39, 0.29) is 5.79 Å². The fraction of sp³-hybridized carbons (Fsp3) is 0.500. The van der Waals surface area contributed by atoms with Gasteiger partial charge in [0, 0.05) is 17.3 Å². The Bertz CT molecular complexity index is 383. The van der Waals surface area contributed by atoms with Gasteiger partial charge in [0.1, 0.15) is 0 Å². The molecule has 1 aromatic rings. The molecule has 0 N–H and O–H groups in total. The summed E-state index contributed by atoms with van der Waals surface area (Å²) in [7, 11) is 0. The maximum atomic E-state index is 5.75. The van der Waals surface area contributed by atoms with Crippen LogP contribution in [0, 0.1) is 0 Å². The lowest BCUT2D eigenvalue weighted by molar-refractivity contribution is -0.163. The van der Waals surface area contributed by atoms with E-state index in [1.54, 1.807) is 0 Å². The van der Waals surface area contributed by atoms with E-state index in [4.69, 9.17) is 9.47 Å². The van der Waals surface area contributed by atoms with E-state index in [1.165, 1.54) is 15.6 Å². The number of hydrogen-bond acceptors (Lipinski definition) is 2. The summed E-state index contributed by atoms with van der Waals surface area (Å²) in [6.45, 7) is 1.47. The Morgan fingerprint density at radius 2 is 2.00 bits per heavy atom. The number of fused-ring (bicyclic) bond motifs is 1. The SMILES string of the molecule is Brc1cccc2c1CC1(CC2)OCCO1. The smallest absolute Gasteiger partial charge is 0.172 e. The van der Waals surface area contributed by atoms with Crippen molar-refractivity contribution in [1.29, 1.82) is 0 Å². The summed E-state index contributed by atoms with van der Waals surface area (Å²) < 4.78 is 12.7. The number of halogens is 1. The molecule has 0 bridgehead atoms. The molecule has 2 nitrogen and oxygen atoms in total. The topological polar surface area (TPSA) is 18.5 Å². The Hall–Kier alpha value is -0.380. The van der Waals surface area contributed by atoms with Gasteiger partial charge in [-0.3, -0.25) is 0 Å². The van der Waals surface area contributed by atoms with Crippen molar-refractivity contribution < 1.29 is 9.47 Å². The van der Waals surface area contributed by atoms with Crippen LogP contribution in [-0.4, -0.2) is 19.0 Å². The Morgan fingerprint density at radius 3 is 2.80 bits per heavy atom. The van der Waals surface area contributed by atoms with Crippen molar-refractivity contribution in [2.75, 3.05) is 13.2 Å². The lowest BCUT2D eigenvalue weighted by Gasteiger charge is -2.33. The molecule has 1 aliphatic carbocycles. The van der Waals surface area contributed by atoms with Crippen LogP contribution in [0.5, 0.6) is 0 Å². The van der Waals surface area contributed by atoms with Crippen molar-refractivity contribution >= 4 is 15.9 Å². The maximum Gasteiger partial charge on any atom is 0.172 e. The molecular weight excluding hydrogens is 256 g/mol. The van der Waals surface area contributed by atoms with E-state index < -0.39 is 0 Å². The van der Waals surface area contributed by atoms with Crippen molar-refractivity contribution in [1.82, 2.24) is 0 Å². The first-order chi connectivity index (χ1) is 7.29. The molecular formula is C12H13BrO2. The number of rotatable bonds is 0. The molecule has 1 heterocycles. The molecule has 15 heavy (non-hydrogen) atoms. The monoisotopic (exact) mass is 268 g/mol. The average Bonchev–Trinajstić information content (AvgIpc) is 2.68. The molecule has 0 aromatic heterocycles. The van der Waals surface area contributed by atoms with Crippen LogP contribution in [0.4, 0.5) is 0 Å². The van der Waals surface area contributed by atoms with Gasteiger partial charge in [-0.05, 0) is 23.6 Å². The van der Waals surface area contributed by atoms with Gasteiger partial charge in [-0.15, -0.1) is 0 Å². The van der Waals surface area contributed by atoms with Crippen LogP contribution in [0.2, 0.25) is 0 Å². The zero-order valence-electron chi connectivity index (χ0n) is 8.46. The summed E-state index contributed by atoms with van der Waals surface area (Å²) >= 11 is 3.60. The second-order valence-corrected chi connectivity index (χ2v) is 5.02. The highest BCUT2D eigenvalue weighted by Crippen LogP contribution is 2.37. The molecule has 1 aliphatic heterocycles. The van der Waals surface area contributed by atoms with Gasteiger partial charge in [0.25, 0.3) is 0 Å². The lowest BCUT2D eigenvalue weighted by atomic mass is 9.87. The summed E-state index contributed by atoms with van der Waals surface area (Å²) in [5, 5.41) is 0. The van der Waals surface area contributed by atoms with Gasteiger partial charge < -0.3 is 9.47 Å². The van der Waals surface area contributed by atoms with Crippen molar-refractivity contribution in [2.24, 2.45) is 0 Å². The van der Waals surface area contributed by atoms with Crippen molar-refractivity contribution in [3.63, 3.8) is 0 Å². The predicted molar refractivity (Wildman–Crippen MR) is 60.8 cm³/mol. The Morgan fingerprint density at radius 1 is 1.20 bits per heavy atom. The highest BCUT2D eigenvalue weighted by atomic mass is 79.9. The summed E-state index contributed by atoms with van der Waals surface area (Å²) in [4.78, 5) is 0. The van der Waals surface area contributed by atoms with Crippen LogP contribution < -0.4 is 0 Å². The summed E-state index contributed by atoms with van der Waals surface area (Å²) in [6, 6.07) is 6.38. The van der Waals surface area contributed by atoms with E-state index in [0.29, 0.717) is 0 Å². The predicted octanol–water partition coefficient (Wildman–Crippen LogP) is 2.68. The van der Waals surface area contributed by atoms with E-state index in [2.05, 4.69) is 34.1 Å². The normalized spacial score (nSPS) is 23.0. The van der Waals surface area contributed by atoms with Crippen LogP contribution in [0.25, 0.3) is 0 Å². The first kappa shape index (κ1) is 9.82. The molecule has 3 heteroatoms. The first-order valence-corrected chi connectivity index (χ1v) is 6.13. The molecule has 1 spiro atoms. The Kier molecular flexibility index (Phi) is 2.34. The van der Waals surface area contributed by atoms with Gasteiger partial charge in [0.05, 0.1) is 13.2 Å². The molecule has 1 saturated heterocycles. The van der Waals surface area contributed by atoms with Crippen molar-refractivity contribution in [3.8, 4) is 0 Å². The standard InChI is InChI=1S/C12H13BrO2/c13-11-3-1-2-9-4-5-12(8-10(9)11)14-6-7-15-12/h1-3H,4-8H2. The Balaban J connectivity index is 1.98. The van der Waals surface area contributed by atoms with Crippen LogP contribution in [0.1, 0.15) is 17.5 Å². The molecule has 1 fully saturated rings. The largest absolute Gasteiger partial charge is 0.347 e. The van der Waals surface area contributed by atoms with Gasteiger partial charge in [-0.25, -0.2) is 0 Å². The summed E-state index contributed by atoms with van der Waals surface area (Å²) in [6.07, 6.45) is 2.91. The minimum Gasteiger partial charge on any atom is -0.347 e. The van der Waals surface area contributed by atoms with Crippen LogP contribution in [0.3, 0.4) is 0 Å². The van der Waals surface area contributed by atoms with Crippen LogP contribution in [0.15, 0.2) is 22.7 Å². The third kappa shape index (κ3) is 1.63. The average molecular weight is 269 g/mol. The molecule has 1 aromatic carbocycles. The van der Waals surface area contributed by atoms with E-state index in [9.17, 15) is 0 Å².